The molecule has 0 aliphatic rings. The Morgan fingerprint density at radius 1 is 1.18 bits per heavy atom. The van der Waals surface area contributed by atoms with Crippen molar-refractivity contribution in [2.45, 2.75) is 13.8 Å². The van der Waals surface area contributed by atoms with E-state index in [1.165, 1.54) is 11.3 Å². The number of aryl methyl sites for hydroxylation is 2. The Morgan fingerprint density at radius 3 is 2.64 bits per heavy atom. The van der Waals surface area contributed by atoms with Gasteiger partial charge in [0.05, 0.1) is 6.20 Å². The summed E-state index contributed by atoms with van der Waals surface area (Å²) in [5.41, 5.74) is 3.93. The molecule has 0 fully saturated rings. The number of carbonyl (C=O) groups excluding carboxylic acids is 1. The molecule has 0 saturated carbocycles. The third-order valence-electron chi connectivity index (χ3n) is 3.24. The highest BCUT2D eigenvalue weighted by Crippen LogP contribution is 2.23. The number of hydrogen-bond donors (Lipinski definition) is 1. The fourth-order valence-corrected chi connectivity index (χ4v) is 2.85. The van der Waals surface area contributed by atoms with Gasteiger partial charge in [-0.25, -0.2) is 4.98 Å². The Bertz CT molecular complexity index is 794. The van der Waals surface area contributed by atoms with Gasteiger partial charge in [-0.3, -0.25) is 14.8 Å². The zero-order valence-electron chi connectivity index (χ0n) is 12.2. The number of anilines is 1. The summed E-state index contributed by atoms with van der Waals surface area (Å²) >= 11 is 1.38. The SMILES string of the molecule is Cc1cccc(C)c1NC(=O)c1csc(-c2cnccn2)n1. The van der Waals surface area contributed by atoms with E-state index in [-0.39, 0.29) is 5.91 Å². The molecule has 0 radical (unpaired) electrons. The second kappa shape index (κ2) is 6.03. The van der Waals surface area contributed by atoms with Gasteiger partial charge in [-0.1, -0.05) is 18.2 Å². The molecule has 0 aliphatic carbocycles. The summed E-state index contributed by atoms with van der Waals surface area (Å²) in [5.74, 6) is -0.219. The Hall–Kier alpha value is -2.60. The van der Waals surface area contributed by atoms with Crippen LogP contribution in [0.2, 0.25) is 0 Å². The molecule has 2 aromatic heterocycles. The number of thiazole rings is 1. The number of amides is 1. The molecule has 2 heterocycles. The summed E-state index contributed by atoms with van der Waals surface area (Å²) < 4.78 is 0. The number of para-hydroxylation sites is 1. The number of nitrogens with one attached hydrogen (secondary N) is 1. The van der Waals surface area contributed by atoms with Crippen molar-refractivity contribution < 1.29 is 4.79 Å². The summed E-state index contributed by atoms with van der Waals surface area (Å²) in [6, 6.07) is 5.90. The third-order valence-corrected chi connectivity index (χ3v) is 4.10. The van der Waals surface area contributed by atoms with Crippen molar-refractivity contribution in [3.05, 3.63) is 59.0 Å². The molecule has 0 unspecified atom stereocenters. The fourth-order valence-electron chi connectivity index (χ4n) is 2.09. The molecule has 1 N–H and O–H groups in total. The second-order valence-electron chi connectivity index (χ2n) is 4.85. The summed E-state index contributed by atoms with van der Waals surface area (Å²) in [6.07, 6.45) is 4.84. The van der Waals surface area contributed by atoms with Crippen LogP contribution in [0.3, 0.4) is 0 Å². The highest BCUT2D eigenvalue weighted by Gasteiger charge is 2.14. The predicted molar refractivity (Wildman–Crippen MR) is 87.0 cm³/mol. The van der Waals surface area contributed by atoms with Gasteiger partial charge in [-0.15, -0.1) is 11.3 Å². The van der Waals surface area contributed by atoms with Crippen LogP contribution < -0.4 is 5.32 Å². The monoisotopic (exact) mass is 310 g/mol. The average molecular weight is 310 g/mol. The number of aromatic nitrogens is 3. The zero-order valence-corrected chi connectivity index (χ0v) is 13.0. The maximum atomic E-state index is 12.4. The van der Waals surface area contributed by atoms with E-state index in [0.717, 1.165) is 16.8 Å². The van der Waals surface area contributed by atoms with Gasteiger partial charge >= 0.3 is 0 Å². The van der Waals surface area contributed by atoms with E-state index in [4.69, 9.17) is 0 Å². The van der Waals surface area contributed by atoms with E-state index < -0.39 is 0 Å². The minimum absolute atomic E-state index is 0.219. The lowest BCUT2D eigenvalue weighted by Crippen LogP contribution is -2.14. The van der Waals surface area contributed by atoms with Crippen molar-refractivity contribution in [2.24, 2.45) is 0 Å². The quantitative estimate of drug-likeness (QED) is 0.804. The first-order valence-electron chi connectivity index (χ1n) is 6.74. The molecule has 0 atom stereocenters. The van der Waals surface area contributed by atoms with E-state index in [9.17, 15) is 4.79 Å². The van der Waals surface area contributed by atoms with Gasteiger partial charge in [0.25, 0.3) is 5.91 Å². The topological polar surface area (TPSA) is 67.8 Å². The van der Waals surface area contributed by atoms with Crippen LogP contribution in [0.4, 0.5) is 5.69 Å². The van der Waals surface area contributed by atoms with Crippen LogP contribution in [0.5, 0.6) is 0 Å². The molecule has 1 aromatic carbocycles. The van der Waals surface area contributed by atoms with Crippen molar-refractivity contribution in [3.63, 3.8) is 0 Å². The number of nitrogens with zero attached hydrogens (tertiary/aromatic N) is 3. The van der Waals surface area contributed by atoms with Crippen molar-refractivity contribution >= 4 is 22.9 Å². The van der Waals surface area contributed by atoms with Crippen LogP contribution >= 0.6 is 11.3 Å². The highest BCUT2D eigenvalue weighted by atomic mass is 32.1. The van der Waals surface area contributed by atoms with E-state index in [1.54, 1.807) is 24.0 Å². The number of hydrogen-bond acceptors (Lipinski definition) is 5. The first-order valence-corrected chi connectivity index (χ1v) is 7.62. The van der Waals surface area contributed by atoms with E-state index >= 15 is 0 Å². The van der Waals surface area contributed by atoms with Crippen LogP contribution in [-0.2, 0) is 0 Å². The van der Waals surface area contributed by atoms with Crippen molar-refractivity contribution in [1.82, 2.24) is 15.0 Å². The van der Waals surface area contributed by atoms with E-state index in [1.807, 2.05) is 32.0 Å². The molecule has 3 rings (SSSR count). The van der Waals surface area contributed by atoms with Crippen molar-refractivity contribution in [2.75, 3.05) is 5.32 Å². The minimum atomic E-state index is -0.219. The number of rotatable bonds is 3. The molecule has 5 nitrogen and oxygen atoms in total. The number of benzene rings is 1. The number of carbonyl (C=O) groups is 1. The minimum Gasteiger partial charge on any atom is -0.320 e. The van der Waals surface area contributed by atoms with Gasteiger partial charge in [-0.05, 0) is 25.0 Å². The first-order chi connectivity index (χ1) is 10.6. The van der Waals surface area contributed by atoms with Crippen LogP contribution in [0.1, 0.15) is 21.6 Å². The predicted octanol–water partition coefficient (Wildman–Crippen LogP) is 3.47. The van der Waals surface area contributed by atoms with Gasteiger partial charge in [0, 0.05) is 23.5 Å². The Labute approximate surface area is 132 Å². The molecule has 6 heteroatoms. The molecule has 1 amide bonds. The molecule has 3 aromatic rings. The maximum Gasteiger partial charge on any atom is 0.275 e. The van der Waals surface area contributed by atoms with Gasteiger partial charge in [0.2, 0.25) is 0 Å². The highest BCUT2D eigenvalue weighted by molar-refractivity contribution is 7.13. The molecule has 0 bridgehead atoms. The molecule has 0 aliphatic heterocycles. The summed E-state index contributed by atoms with van der Waals surface area (Å²) in [6.45, 7) is 3.93. The molecule has 0 saturated heterocycles. The third kappa shape index (κ3) is 2.87. The maximum absolute atomic E-state index is 12.4. The van der Waals surface area contributed by atoms with Crippen LogP contribution in [0, 0.1) is 13.8 Å². The largest absolute Gasteiger partial charge is 0.320 e. The van der Waals surface area contributed by atoms with Crippen molar-refractivity contribution in [3.8, 4) is 10.7 Å². The van der Waals surface area contributed by atoms with Crippen LogP contribution in [-0.4, -0.2) is 20.9 Å². The summed E-state index contributed by atoms with van der Waals surface area (Å²) in [4.78, 5) is 24.9. The standard InChI is InChI=1S/C16H14N4OS/c1-10-4-3-5-11(2)14(10)20-15(21)13-9-22-16(19-13)12-8-17-6-7-18-12/h3-9H,1-2H3,(H,20,21). The lowest BCUT2D eigenvalue weighted by atomic mass is 10.1. The average Bonchev–Trinajstić information content (AvgIpc) is 3.02. The summed E-state index contributed by atoms with van der Waals surface area (Å²) in [7, 11) is 0. The van der Waals surface area contributed by atoms with Crippen LogP contribution in [0.15, 0.2) is 42.2 Å². The van der Waals surface area contributed by atoms with Gasteiger partial charge in [0.15, 0.2) is 0 Å². The molecular weight excluding hydrogens is 296 g/mol. The Kier molecular flexibility index (Phi) is 3.93. The molecule has 22 heavy (non-hydrogen) atoms. The van der Waals surface area contributed by atoms with Gasteiger partial charge in [-0.2, -0.15) is 0 Å². The second-order valence-corrected chi connectivity index (χ2v) is 5.71. The summed E-state index contributed by atoms with van der Waals surface area (Å²) in [5, 5.41) is 5.34. The van der Waals surface area contributed by atoms with Crippen molar-refractivity contribution in [1.29, 1.82) is 0 Å². The molecular formula is C16H14N4OS. The zero-order chi connectivity index (χ0) is 15.5. The lowest BCUT2D eigenvalue weighted by molar-refractivity contribution is 0.102. The van der Waals surface area contributed by atoms with Gasteiger partial charge in [0.1, 0.15) is 16.4 Å². The smallest absolute Gasteiger partial charge is 0.275 e. The first kappa shape index (κ1) is 14.3. The normalized spacial score (nSPS) is 10.5. The molecule has 110 valence electrons. The van der Waals surface area contributed by atoms with E-state index in [2.05, 4.69) is 20.3 Å². The van der Waals surface area contributed by atoms with Crippen LogP contribution in [0.25, 0.3) is 10.7 Å². The molecule has 0 spiro atoms. The van der Waals surface area contributed by atoms with Gasteiger partial charge < -0.3 is 5.32 Å². The Morgan fingerprint density at radius 2 is 1.95 bits per heavy atom. The lowest BCUT2D eigenvalue weighted by Gasteiger charge is -2.10. The fraction of sp³-hybridized carbons (Fsp3) is 0.125. The van der Waals surface area contributed by atoms with E-state index in [0.29, 0.717) is 16.4 Å². The Balaban J connectivity index is 1.83.